The zero-order chi connectivity index (χ0) is 40.1. The summed E-state index contributed by atoms with van der Waals surface area (Å²) in [6.07, 6.45) is 0. The van der Waals surface area contributed by atoms with Crippen molar-refractivity contribution in [2.75, 3.05) is 0 Å². The van der Waals surface area contributed by atoms with Crippen LogP contribution in [0, 0.1) is 0 Å². The van der Waals surface area contributed by atoms with Crippen LogP contribution in [0.5, 0.6) is 11.5 Å². The summed E-state index contributed by atoms with van der Waals surface area (Å²) in [5.74, 6) is 2.47. The van der Waals surface area contributed by atoms with Gasteiger partial charge in [-0.15, -0.1) is 0 Å². The first-order valence-corrected chi connectivity index (χ1v) is 20.8. The second kappa shape index (κ2) is 13.0. The van der Waals surface area contributed by atoms with Crippen LogP contribution >= 0.6 is 0 Å². The molecule has 0 saturated carbocycles. The Labute approximate surface area is 352 Å². The lowest BCUT2D eigenvalue weighted by Gasteiger charge is -2.39. The Morgan fingerprint density at radius 1 is 0.426 bits per heavy atom. The van der Waals surface area contributed by atoms with Gasteiger partial charge in [0.25, 0.3) is 0 Å². The molecule has 0 bridgehead atoms. The van der Waals surface area contributed by atoms with Crippen LogP contribution < -0.4 is 4.74 Å². The Morgan fingerprint density at radius 2 is 1.05 bits per heavy atom. The topological polar surface area (TPSA) is 39.9 Å². The molecule has 9 aromatic carbocycles. The molecule has 2 aliphatic rings. The highest BCUT2D eigenvalue weighted by Crippen LogP contribution is 2.63. The van der Waals surface area contributed by atoms with Crippen molar-refractivity contribution in [1.29, 1.82) is 0 Å². The summed E-state index contributed by atoms with van der Waals surface area (Å²) in [7, 11) is 0. The smallest absolute Gasteiger partial charge is 0.160 e. The molecule has 3 heterocycles. The van der Waals surface area contributed by atoms with Gasteiger partial charge in [0, 0.05) is 44.3 Å². The Hall–Kier alpha value is -8.08. The van der Waals surface area contributed by atoms with Gasteiger partial charge in [0.2, 0.25) is 0 Å². The summed E-state index contributed by atoms with van der Waals surface area (Å²) in [4.78, 5) is 10.3. The van der Waals surface area contributed by atoms with Crippen LogP contribution in [0.25, 0.3) is 83.3 Å². The van der Waals surface area contributed by atoms with Crippen LogP contribution in [0.4, 0.5) is 0 Å². The molecule has 0 atom stereocenters. The van der Waals surface area contributed by atoms with Crippen LogP contribution in [0.1, 0.15) is 22.3 Å². The molecular formula is C57H35N3O. The third kappa shape index (κ3) is 4.82. The predicted molar refractivity (Wildman–Crippen MR) is 248 cm³/mol. The Bertz CT molecular complexity index is 3470. The molecule has 2 aromatic heterocycles. The lowest BCUT2D eigenvalue weighted by Crippen LogP contribution is -2.32. The van der Waals surface area contributed by atoms with Crippen molar-refractivity contribution in [3.05, 3.63) is 235 Å². The summed E-state index contributed by atoms with van der Waals surface area (Å²) in [5, 5.41) is 4.60. The molecule has 284 valence electrons. The molecule has 0 saturated heterocycles. The van der Waals surface area contributed by atoms with Gasteiger partial charge in [-0.05, 0) is 58.0 Å². The molecule has 13 rings (SSSR count). The Morgan fingerprint density at radius 3 is 1.82 bits per heavy atom. The second-order valence-corrected chi connectivity index (χ2v) is 16.0. The van der Waals surface area contributed by atoms with E-state index in [4.69, 9.17) is 14.7 Å². The molecule has 0 amide bonds. The minimum Gasteiger partial charge on any atom is -0.456 e. The number of rotatable bonds is 4. The highest BCUT2D eigenvalue weighted by atomic mass is 16.5. The minimum atomic E-state index is -0.559. The Balaban J connectivity index is 1.10. The molecule has 0 N–H and O–H groups in total. The summed E-state index contributed by atoms with van der Waals surface area (Å²) < 4.78 is 9.68. The monoisotopic (exact) mass is 777 g/mol. The normalized spacial score (nSPS) is 13.2. The number of fused-ring (bicyclic) bond motifs is 15. The summed E-state index contributed by atoms with van der Waals surface area (Å²) >= 11 is 0. The van der Waals surface area contributed by atoms with E-state index in [0.29, 0.717) is 5.82 Å². The molecule has 0 unspecified atom stereocenters. The van der Waals surface area contributed by atoms with Gasteiger partial charge >= 0.3 is 0 Å². The van der Waals surface area contributed by atoms with Crippen molar-refractivity contribution in [2.45, 2.75) is 5.41 Å². The van der Waals surface area contributed by atoms with Crippen LogP contribution in [0.15, 0.2) is 212 Å². The van der Waals surface area contributed by atoms with Gasteiger partial charge in [-0.2, -0.15) is 0 Å². The molecule has 0 fully saturated rings. The fourth-order valence-electron chi connectivity index (χ4n) is 10.3. The molecule has 11 aromatic rings. The van der Waals surface area contributed by atoms with E-state index in [1.807, 2.05) is 24.3 Å². The summed E-state index contributed by atoms with van der Waals surface area (Å²) in [5.41, 5.74) is 14.9. The molecule has 61 heavy (non-hydrogen) atoms. The maximum atomic E-state index is 7.25. The van der Waals surface area contributed by atoms with Crippen LogP contribution in [-0.4, -0.2) is 14.5 Å². The van der Waals surface area contributed by atoms with Crippen molar-refractivity contribution in [3.8, 4) is 62.2 Å². The van der Waals surface area contributed by atoms with Crippen LogP contribution in [0.2, 0.25) is 0 Å². The molecule has 4 heteroatoms. The van der Waals surface area contributed by atoms with Crippen molar-refractivity contribution >= 4 is 32.6 Å². The van der Waals surface area contributed by atoms with Crippen molar-refractivity contribution in [2.24, 2.45) is 0 Å². The second-order valence-electron chi connectivity index (χ2n) is 16.0. The van der Waals surface area contributed by atoms with E-state index < -0.39 is 5.41 Å². The molecule has 4 nitrogen and oxygen atoms in total. The highest BCUT2D eigenvalue weighted by molar-refractivity contribution is 6.21. The van der Waals surface area contributed by atoms with Gasteiger partial charge in [-0.25, -0.2) is 9.97 Å². The van der Waals surface area contributed by atoms with E-state index in [-0.39, 0.29) is 0 Å². The maximum absolute atomic E-state index is 7.25. The highest BCUT2D eigenvalue weighted by Gasteiger charge is 2.51. The largest absolute Gasteiger partial charge is 0.456 e. The first-order valence-electron chi connectivity index (χ1n) is 20.8. The van der Waals surface area contributed by atoms with Crippen LogP contribution in [-0.2, 0) is 5.41 Å². The van der Waals surface area contributed by atoms with Gasteiger partial charge in [0.05, 0.1) is 33.2 Å². The number of benzene rings is 9. The number of hydrogen-bond acceptors (Lipinski definition) is 3. The third-order valence-electron chi connectivity index (χ3n) is 12.9. The standard InChI is InChI=1S/C57H35N3O/c1-3-17-37(18-4-1)49-35-50(59-56(58-49)38-19-5-2-6-20-38)39-21-15-22-40(34-39)60-51-33-32-48-55(53(51)44-31-30-36-16-7-8-23-41(36)54(44)60)61-52-29-14-13-28-47(52)57(48)45-26-11-9-24-42(45)43-25-10-12-27-46(43)57/h1-35H. The van der Waals surface area contributed by atoms with E-state index in [2.05, 4.69) is 193 Å². The lowest BCUT2D eigenvalue weighted by molar-refractivity contribution is 0.442. The van der Waals surface area contributed by atoms with E-state index in [1.165, 1.54) is 33.0 Å². The first-order chi connectivity index (χ1) is 30.3. The molecule has 1 aliphatic carbocycles. The zero-order valence-corrected chi connectivity index (χ0v) is 33.0. The quantitative estimate of drug-likeness (QED) is 0.179. The van der Waals surface area contributed by atoms with Crippen molar-refractivity contribution in [1.82, 2.24) is 14.5 Å². The molecule has 0 radical (unpaired) electrons. The number of aromatic nitrogens is 3. The molecular weight excluding hydrogens is 743 g/mol. The fraction of sp³-hybridized carbons (Fsp3) is 0.0175. The lowest BCUT2D eigenvalue weighted by atomic mass is 9.66. The maximum Gasteiger partial charge on any atom is 0.160 e. The average Bonchev–Trinajstić information content (AvgIpc) is 3.84. The zero-order valence-electron chi connectivity index (χ0n) is 33.0. The van der Waals surface area contributed by atoms with E-state index in [9.17, 15) is 0 Å². The number of para-hydroxylation sites is 1. The number of nitrogens with zero attached hydrogens (tertiary/aromatic N) is 3. The van der Waals surface area contributed by atoms with E-state index in [1.54, 1.807) is 0 Å². The van der Waals surface area contributed by atoms with Crippen molar-refractivity contribution in [3.63, 3.8) is 0 Å². The number of hydrogen-bond donors (Lipinski definition) is 0. The SMILES string of the molecule is c1ccc(-c2cc(-c3cccc(-n4c5ccc6c(c5c5ccc7ccccc7c54)Oc4ccccc4C64c5ccccc5-c5ccccc54)c3)nc(-c3ccccc3)n2)cc1. The Kier molecular flexibility index (Phi) is 7.19. The predicted octanol–water partition coefficient (Wildman–Crippen LogP) is 14.2. The summed E-state index contributed by atoms with van der Waals surface area (Å²) in [6, 6.07) is 75.8. The fourth-order valence-corrected chi connectivity index (χ4v) is 10.3. The van der Waals surface area contributed by atoms with Gasteiger partial charge in [-0.1, -0.05) is 182 Å². The molecule has 1 spiro atoms. The first kappa shape index (κ1) is 33.8. The minimum absolute atomic E-state index is 0.559. The van der Waals surface area contributed by atoms with Gasteiger partial charge in [0.15, 0.2) is 5.82 Å². The summed E-state index contributed by atoms with van der Waals surface area (Å²) in [6.45, 7) is 0. The van der Waals surface area contributed by atoms with Gasteiger partial charge < -0.3 is 9.30 Å². The van der Waals surface area contributed by atoms with E-state index >= 15 is 0 Å². The van der Waals surface area contributed by atoms with Gasteiger partial charge in [-0.3, -0.25) is 0 Å². The number of ether oxygens (including phenoxy) is 1. The van der Waals surface area contributed by atoms with Crippen molar-refractivity contribution < 1.29 is 4.74 Å². The third-order valence-corrected chi connectivity index (χ3v) is 12.9. The van der Waals surface area contributed by atoms with E-state index in [0.717, 1.165) is 78.2 Å². The van der Waals surface area contributed by atoms with Gasteiger partial charge in [0.1, 0.15) is 11.5 Å². The van der Waals surface area contributed by atoms with Crippen LogP contribution in [0.3, 0.4) is 0 Å². The molecule has 1 aliphatic heterocycles. The average molecular weight is 778 g/mol.